The molecule has 1 unspecified atom stereocenters. The standard InChI is InChI=1S/C21H28N4O3/c22-16-7-2-1-3-8-17(16)23-11-13-5-4-6-14-15(13)12-25(21(14)28)18-9-10-19(26)24-20(18)27/h4-6,16-18,23H,1-3,7-12,22H2,(H,24,26,27)/t16-,17-,18?/m1/s1. The molecule has 7 nitrogen and oxygen atoms in total. The summed E-state index contributed by atoms with van der Waals surface area (Å²) in [5.41, 5.74) is 9.05. The van der Waals surface area contributed by atoms with Gasteiger partial charge in [-0.1, -0.05) is 31.4 Å². The minimum Gasteiger partial charge on any atom is -0.326 e. The first-order valence-electron chi connectivity index (χ1n) is 10.3. The van der Waals surface area contributed by atoms with Crippen molar-refractivity contribution in [2.75, 3.05) is 0 Å². The Labute approximate surface area is 165 Å². The van der Waals surface area contributed by atoms with Crippen LogP contribution < -0.4 is 16.4 Å². The topological polar surface area (TPSA) is 105 Å². The lowest BCUT2D eigenvalue weighted by atomic mass is 10.0. The van der Waals surface area contributed by atoms with E-state index in [1.807, 2.05) is 18.2 Å². The second-order valence-corrected chi connectivity index (χ2v) is 8.13. The van der Waals surface area contributed by atoms with Crippen LogP contribution in [0, 0.1) is 0 Å². The fourth-order valence-electron chi connectivity index (χ4n) is 4.65. The number of amides is 3. The molecule has 0 radical (unpaired) electrons. The summed E-state index contributed by atoms with van der Waals surface area (Å²) in [6.45, 7) is 1.08. The molecule has 1 saturated heterocycles. The van der Waals surface area contributed by atoms with Crippen LogP contribution in [-0.2, 0) is 22.7 Å². The van der Waals surface area contributed by atoms with Gasteiger partial charge in [0.2, 0.25) is 11.8 Å². The monoisotopic (exact) mass is 384 g/mol. The number of carbonyl (C=O) groups excluding carboxylic acids is 3. The van der Waals surface area contributed by atoms with Gasteiger partial charge in [0.05, 0.1) is 0 Å². The van der Waals surface area contributed by atoms with Crippen LogP contribution in [0.4, 0.5) is 0 Å². The number of rotatable bonds is 4. The zero-order valence-electron chi connectivity index (χ0n) is 16.1. The lowest BCUT2D eigenvalue weighted by Crippen LogP contribution is -2.52. The predicted molar refractivity (Wildman–Crippen MR) is 104 cm³/mol. The largest absolute Gasteiger partial charge is 0.326 e. The Hall–Kier alpha value is -2.25. The fourth-order valence-corrected chi connectivity index (χ4v) is 4.65. The summed E-state index contributed by atoms with van der Waals surface area (Å²) < 4.78 is 0. The van der Waals surface area contributed by atoms with Crippen LogP contribution in [0.2, 0.25) is 0 Å². The number of piperidine rings is 1. The van der Waals surface area contributed by atoms with Gasteiger partial charge >= 0.3 is 0 Å². The zero-order chi connectivity index (χ0) is 19.7. The Morgan fingerprint density at radius 3 is 2.75 bits per heavy atom. The van der Waals surface area contributed by atoms with E-state index in [9.17, 15) is 14.4 Å². The van der Waals surface area contributed by atoms with Crippen LogP contribution in [0.5, 0.6) is 0 Å². The number of nitrogens with zero attached hydrogens (tertiary/aromatic N) is 1. The molecule has 2 fully saturated rings. The van der Waals surface area contributed by atoms with E-state index in [0.717, 1.165) is 24.0 Å². The lowest BCUT2D eigenvalue weighted by Gasteiger charge is -2.29. The molecule has 2 heterocycles. The molecular formula is C21H28N4O3. The first-order valence-corrected chi connectivity index (χ1v) is 10.3. The molecule has 1 aromatic rings. The van der Waals surface area contributed by atoms with E-state index in [0.29, 0.717) is 31.1 Å². The van der Waals surface area contributed by atoms with Gasteiger partial charge in [-0.25, -0.2) is 0 Å². The third-order valence-electron chi connectivity index (χ3n) is 6.30. The van der Waals surface area contributed by atoms with Gasteiger partial charge in [0.1, 0.15) is 6.04 Å². The highest BCUT2D eigenvalue weighted by molar-refractivity contribution is 6.05. The summed E-state index contributed by atoms with van der Waals surface area (Å²) in [5, 5.41) is 5.95. The lowest BCUT2D eigenvalue weighted by molar-refractivity contribution is -0.136. The van der Waals surface area contributed by atoms with Gasteiger partial charge in [-0.05, 0) is 36.5 Å². The Balaban J connectivity index is 1.48. The molecule has 1 aliphatic carbocycles. The minimum absolute atomic E-state index is 0.127. The molecule has 1 saturated carbocycles. The second-order valence-electron chi connectivity index (χ2n) is 8.13. The van der Waals surface area contributed by atoms with Crippen molar-refractivity contribution in [3.05, 3.63) is 34.9 Å². The molecule has 4 rings (SSSR count). The number of nitrogens with one attached hydrogen (secondary N) is 2. The fraction of sp³-hybridized carbons (Fsp3) is 0.571. The summed E-state index contributed by atoms with van der Waals surface area (Å²) in [6, 6.07) is 5.64. The molecule has 2 aliphatic heterocycles. The average molecular weight is 384 g/mol. The summed E-state index contributed by atoms with van der Waals surface area (Å²) in [7, 11) is 0. The van der Waals surface area contributed by atoms with E-state index >= 15 is 0 Å². The van der Waals surface area contributed by atoms with Crippen molar-refractivity contribution in [3.8, 4) is 0 Å². The molecule has 0 spiro atoms. The Morgan fingerprint density at radius 1 is 1.11 bits per heavy atom. The molecule has 3 aliphatic rings. The molecule has 150 valence electrons. The maximum Gasteiger partial charge on any atom is 0.255 e. The van der Waals surface area contributed by atoms with Gasteiger partial charge < -0.3 is 16.0 Å². The van der Waals surface area contributed by atoms with Gasteiger partial charge in [-0.15, -0.1) is 0 Å². The highest BCUT2D eigenvalue weighted by Gasteiger charge is 2.39. The van der Waals surface area contributed by atoms with E-state index < -0.39 is 6.04 Å². The molecule has 0 bridgehead atoms. The van der Waals surface area contributed by atoms with Crippen LogP contribution in [0.3, 0.4) is 0 Å². The Morgan fingerprint density at radius 2 is 1.93 bits per heavy atom. The third kappa shape index (κ3) is 3.69. The number of hydrogen-bond donors (Lipinski definition) is 3. The zero-order valence-corrected chi connectivity index (χ0v) is 16.1. The van der Waals surface area contributed by atoms with E-state index in [-0.39, 0.29) is 30.2 Å². The van der Waals surface area contributed by atoms with E-state index in [1.165, 1.54) is 19.3 Å². The molecule has 7 heteroatoms. The van der Waals surface area contributed by atoms with Crippen LogP contribution >= 0.6 is 0 Å². The molecule has 4 N–H and O–H groups in total. The first kappa shape index (κ1) is 19.1. The summed E-state index contributed by atoms with van der Waals surface area (Å²) in [6.07, 6.45) is 6.40. The van der Waals surface area contributed by atoms with Gasteiger partial charge in [-0.2, -0.15) is 0 Å². The van der Waals surface area contributed by atoms with Crippen molar-refractivity contribution in [2.24, 2.45) is 5.73 Å². The van der Waals surface area contributed by atoms with E-state index in [1.54, 1.807) is 4.90 Å². The maximum absolute atomic E-state index is 12.9. The highest BCUT2D eigenvalue weighted by Crippen LogP contribution is 2.30. The molecule has 1 aromatic carbocycles. The first-order chi connectivity index (χ1) is 13.5. The SMILES string of the molecule is N[C@@H]1CCCCC[C@H]1NCc1cccc2c1CN(C1CCC(=O)NC1=O)C2=O. The van der Waals surface area contributed by atoms with Gasteiger partial charge in [0.25, 0.3) is 5.91 Å². The van der Waals surface area contributed by atoms with Gasteiger partial charge in [0, 0.05) is 37.2 Å². The molecule has 3 atom stereocenters. The Kier molecular flexibility index (Phi) is 5.46. The van der Waals surface area contributed by atoms with Gasteiger partial charge in [-0.3, -0.25) is 19.7 Å². The smallest absolute Gasteiger partial charge is 0.255 e. The summed E-state index contributed by atoms with van der Waals surface area (Å²) in [4.78, 5) is 38.1. The predicted octanol–water partition coefficient (Wildman–Crippen LogP) is 1.20. The highest BCUT2D eigenvalue weighted by atomic mass is 16.2. The van der Waals surface area contributed by atoms with Crippen molar-refractivity contribution < 1.29 is 14.4 Å². The van der Waals surface area contributed by atoms with Crippen molar-refractivity contribution in [1.82, 2.24) is 15.5 Å². The van der Waals surface area contributed by atoms with Crippen LogP contribution in [-0.4, -0.2) is 40.7 Å². The number of carbonyl (C=O) groups is 3. The number of imide groups is 1. The van der Waals surface area contributed by atoms with Crippen LogP contribution in [0.15, 0.2) is 18.2 Å². The van der Waals surface area contributed by atoms with E-state index in [4.69, 9.17) is 5.73 Å². The van der Waals surface area contributed by atoms with Crippen molar-refractivity contribution in [2.45, 2.75) is 76.2 Å². The average Bonchev–Trinajstić information content (AvgIpc) is 2.87. The minimum atomic E-state index is -0.575. The van der Waals surface area contributed by atoms with E-state index in [2.05, 4.69) is 10.6 Å². The quantitative estimate of drug-likeness (QED) is 0.534. The molecule has 3 amide bonds. The van der Waals surface area contributed by atoms with Crippen molar-refractivity contribution in [1.29, 1.82) is 0 Å². The third-order valence-corrected chi connectivity index (χ3v) is 6.30. The maximum atomic E-state index is 12.9. The van der Waals surface area contributed by atoms with Gasteiger partial charge in [0.15, 0.2) is 0 Å². The summed E-state index contributed by atoms with van der Waals surface area (Å²) in [5.74, 6) is -0.769. The molecule has 0 aromatic heterocycles. The Bertz CT molecular complexity index is 794. The molecular weight excluding hydrogens is 356 g/mol. The van der Waals surface area contributed by atoms with Crippen molar-refractivity contribution in [3.63, 3.8) is 0 Å². The number of benzene rings is 1. The normalized spacial score (nSPS) is 28.1. The number of fused-ring (bicyclic) bond motifs is 1. The van der Waals surface area contributed by atoms with Crippen LogP contribution in [0.25, 0.3) is 0 Å². The number of nitrogens with two attached hydrogens (primary N) is 1. The summed E-state index contributed by atoms with van der Waals surface area (Å²) >= 11 is 0. The van der Waals surface area contributed by atoms with Crippen LogP contribution in [0.1, 0.15) is 66.4 Å². The molecule has 28 heavy (non-hydrogen) atoms. The number of hydrogen-bond acceptors (Lipinski definition) is 5. The van der Waals surface area contributed by atoms with Crippen molar-refractivity contribution >= 4 is 17.7 Å². The second kappa shape index (κ2) is 8.01.